The van der Waals surface area contributed by atoms with E-state index in [1.165, 1.54) is 12.1 Å². The van der Waals surface area contributed by atoms with E-state index in [9.17, 15) is 9.18 Å². The molecule has 94 valence electrons. The molecule has 0 spiro atoms. The fourth-order valence-electron chi connectivity index (χ4n) is 1.92. The van der Waals surface area contributed by atoms with Crippen LogP contribution in [0.4, 0.5) is 10.1 Å². The second-order valence-electron chi connectivity index (χ2n) is 5.01. The Balaban J connectivity index is 3.25. The second kappa shape index (κ2) is 4.73. The van der Waals surface area contributed by atoms with Gasteiger partial charge < -0.3 is 10.0 Å². The van der Waals surface area contributed by atoms with Gasteiger partial charge in [0.2, 0.25) is 0 Å². The van der Waals surface area contributed by atoms with E-state index >= 15 is 0 Å². The third-order valence-electron chi connectivity index (χ3n) is 2.76. The summed E-state index contributed by atoms with van der Waals surface area (Å²) >= 11 is 0. The van der Waals surface area contributed by atoms with Crippen molar-refractivity contribution in [1.29, 1.82) is 0 Å². The number of aliphatic carboxylic acids is 1. The van der Waals surface area contributed by atoms with Gasteiger partial charge in [0.15, 0.2) is 0 Å². The number of carboxylic acids is 1. The Morgan fingerprint density at radius 3 is 2.47 bits per heavy atom. The molecule has 0 amide bonds. The van der Waals surface area contributed by atoms with Crippen LogP contribution in [0.1, 0.15) is 25.8 Å². The number of halogens is 1. The zero-order valence-electron chi connectivity index (χ0n) is 10.6. The van der Waals surface area contributed by atoms with Crippen LogP contribution in [0.15, 0.2) is 18.2 Å². The van der Waals surface area contributed by atoms with E-state index in [4.69, 9.17) is 5.11 Å². The van der Waals surface area contributed by atoms with Crippen molar-refractivity contribution in [1.82, 2.24) is 0 Å². The van der Waals surface area contributed by atoms with Crippen molar-refractivity contribution in [2.45, 2.75) is 25.7 Å². The molecule has 1 N–H and O–H groups in total. The van der Waals surface area contributed by atoms with Crippen molar-refractivity contribution in [3.63, 3.8) is 0 Å². The van der Waals surface area contributed by atoms with Crippen molar-refractivity contribution < 1.29 is 14.3 Å². The molecule has 0 aromatic heterocycles. The largest absolute Gasteiger partial charge is 0.481 e. The number of anilines is 1. The monoisotopic (exact) mass is 239 g/mol. The summed E-state index contributed by atoms with van der Waals surface area (Å²) in [6, 6.07) is 4.46. The van der Waals surface area contributed by atoms with Gasteiger partial charge >= 0.3 is 5.97 Å². The first kappa shape index (κ1) is 13.5. The lowest BCUT2D eigenvalue weighted by atomic mass is 9.80. The highest BCUT2D eigenvalue weighted by molar-refractivity contribution is 5.70. The molecule has 0 aliphatic heterocycles. The maximum atomic E-state index is 13.2. The first-order chi connectivity index (χ1) is 7.74. The summed E-state index contributed by atoms with van der Waals surface area (Å²) in [6.07, 6.45) is 0.0134. The third-order valence-corrected chi connectivity index (χ3v) is 2.76. The zero-order chi connectivity index (χ0) is 13.2. The Bertz CT molecular complexity index is 427. The molecule has 0 radical (unpaired) electrons. The summed E-state index contributed by atoms with van der Waals surface area (Å²) in [5.41, 5.74) is 1.03. The Labute approximate surface area is 101 Å². The maximum Gasteiger partial charge on any atom is 0.304 e. The van der Waals surface area contributed by atoms with Gasteiger partial charge in [-0.15, -0.1) is 0 Å². The molecule has 4 heteroatoms. The standard InChI is InChI=1S/C13H18FNO2/c1-13(2,8-12(16)17)10-6-5-9(14)7-11(10)15(3)4/h5-7H,8H2,1-4H3,(H,16,17). The molecular weight excluding hydrogens is 221 g/mol. The lowest BCUT2D eigenvalue weighted by molar-refractivity contribution is -0.138. The van der Waals surface area contributed by atoms with E-state index in [1.807, 2.05) is 27.9 Å². The number of carboxylic acid groups (broad SMARTS) is 1. The summed E-state index contributed by atoms with van der Waals surface area (Å²) in [7, 11) is 3.63. The van der Waals surface area contributed by atoms with E-state index < -0.39 is 11.4 Å². The normalized spacial score (nSPS) is 11.4. The molecule has 0 fully saturated rings. The molecule has 3 nitrogen and oxygen atoms in total. The van der Waals surface area contributed by atoms with Gasteiger partial charge in [0.05, 0.1) is 6.42 Å². The molecule has 0 aliphatic carbocycles. The molecule has 0 saturated carbocycles. The van der Waals surface area contributed by atoms with Crippen LogP contribution in [0.5, 0.6) is 0 Å². The van der Waals surface area contributed by atoms with Gasteiger partial charge in [-0.1, -0.05) is 19.9 Å². The Morgan fingerprint density at radius 1 is 1.41 bits per heavy atom. The van der Waals surface area contributed by atoms with Crippen LogP contribution in [0.25, 0.3) is 0 Å². The van der Waals surface area contributed by atoms with Crippen LogP contribution in [0.2, 0.25) is 0 Å². The van der Waals surface area contributed by atoms with Crippen molar-refractivity contribution in [2.75, 3.05) is 19.0 Å². The molecule has 0 atom stereocenters. The highest BCUT2D eigenvalue weighted by atomic mass is 19.1. The van der Waals surface area contributed by atoms with Crippen molar-refractivity contribution in [2.24, 2.45) is 0 Å². The Kier molecular flexibility index (Phi) is 3.76. The number of benzene rings is 1. The minimum Gasteiger partial charge on any atom is -0.481 e. The first-order valence-corrected chi connectivity index (χ1v) is 5.43. The summed E-state index contributed by atoms with van der Waals surface area (Å²) in [5.74, 6) is -1.17. The van der Waals surface area contributed by atoms with E-state index in [2.05, 4.69) is 0 Å². The molecule has 1 rings (SSSR count). The maximum absolute atomic E-state index is 13.2. The number of carbonyl (C=O) groups is 1. The van der Waals surface area contributed by atoms with Gasteiger partial charge in [-0.05, 0) is 17.7 Å². The predicted molar refractivity (Wildman–Crippen MR) is 66.0 cm³/mol. The van der Waals surface area contributed by atoms with Gasteiger partial charge in [-0.2, -0.15) is 0 Å². The third kappa shape index (κ3) is 3.19. The molecule has 17 heavy (non-hydrogen) atoms. The number of hydrogen-bond acceptors (Lipinski definition) is 2. The molecule has 0 aliphatic rings. The molecule has 1 aromatic rings. The summed E-state index contributed by atoms with van der Waals surface area (Å²) < 4.78 is 13.2. The first-order valence-electron chi connectivity index (χ1n) is 5.43. The van der Waals surface area contributed by atoms with E-state index in [0.29, 0.717) is 0 Å². The smallest absolute Gasteiger partial charge is 0.304 e. The Morgan fingerprint density at radius 2 is 2.00 bits per heavy atom. The topological polar surface area (TPSA) is 40.5 Å². The van der Waals surface area contributed by atoms with Crippen molar-refractivity contribution >= 4 is 11.7 Å². The molecule has 0 saturated heterocycles. The summed E-state index contributed by atoms with van der Waals surface area (Å²) in [4.78, 5) is 12.6. The minimum atomic E-state index is -0.857. The van der Waals surface area contributed by atoms with Crippen LogP contribution in [-0.2, 0) is 10.2 Å². The fraction of sp³-hybridized carbons (Fsp3) is 0.462. The second-order valence-corrected chi connectivity index (χ2v) is 5.01. The van der Waals surface area contributed by atoms with Crippen LogP contribution < -0.4 is 4.90 Å². The lowest BCUT2D eigenvalue weighted by Gasteiger charge is -2.28. The van der Waals surface area contributed by atoms with Gasteiger partial charge in [0, 0.05) is 25.2 Å². The molecule has 0 bridgehead atoms. The summed E-state index contributed by atoms with van der Waals surface area (Å²) in [6.45, 7) is 3.70. The van der Waals surface area contributed by atoms with Gasteiger partial charge in [0.1, 0.15) is 5.82 Å². The fourth-order valence-corrected chi connectivity index (χ4v) is 1.92. The summed E-state index contributed by atoms with van der Waals surface area (Å²) in [5, 5.41) is 8.91. The van der Waals surface area contributed by atoms with Gasteiger partial charge in [0.25, 0.3) is 0 Å². The molecule has 1 aromatic carbocycles. The highest BCUT2D eigenvalue weighted by Gasteiger charge is 2.27. The number of rotatable bonds is 4. The average molecular weight is 239 g/mol. The Hall–Kier alpha value is -1.58. The average Bonchev–Trinajstić information content (AvgIpc) is 2.14. The van der Waals surface area contributed by atoms with Crippen molar-refractivity contribution in [3.05, 3.63) is 29.6 Å². The SMILES string of the molecule is CN(C)c1cc(F)ccc1C(C)(C)CC(=O)O. The van der Waals surface area contributed by atoms with Gasteiger partial charge in [-0.3, -0.25) is 4.79 Å². The van der Waals surface area contributed by atoms with E-state index in [0.717, 1.165) is 11.3 Å². The van der Waals surface area contributed by atoms with Gasteiger partial charge in [-0.25, -0.2) is 4.39 Å². The van der Waals surface area contributed by atoms with Crippen LogP contribution in [-0.4, -0.2) is 25.2 Å². The van der Waals surface area contributed by atoms with Crippen molar-refractivity contribution in [3.8, 4) is 0 Å². The number of nitrogens with zero attached hydrogens (tertiary/aromatic N) is 1. The van der Waals surface area contributed by atoms with E-state index in [-0.39, 0.29) is 12.2 Å². The quantitative estimate of drug-likeness (QED) is 0.878. The van der Waals surface area contributed by atoms with Crippen LogP contribution in [0.3, 0.4) is 0 Å². The van der Waals surface area contributed by atoms with Crippen LogP contribution in [0, 0.1) is 5.82 Å². The molecule has 0 heterocycles. The molecular formula is C13H18FNO2. The number of hydrogen-bond donors (Lipinski definition) is 1. The zero-order valence-corrected chi connectivity index (χ0v) is 10.6. The van der Waals surface area contributed by atoms with Crippen LogP contribution >= 0.6 is 0 Å². The minimum absolute atomic E-state index is 0.0134. The predicted octanol–water partition coefficient (Wildman–Crippen LogP) is 2.64. The lowest BCUT2D eigenvalue weighted by Crippen LogP contribution is -2.25. The van der Waals surface area contributed by atoms with E-state index in [1.54, 1.807) is 11.0 Å². The highest BCUT2D eigenvalue weighted by Crippen LogP contribution is 2.34. The molecule has 0 unspecified atom stereocenters.